The second kappa shape index (κ2) is 6.39. The van der Waals surface area contributed by atoms with E-state index in [2.05, 4.69) is 10.4 Å². The number of rotatable bonds is 5. The van der Waals surface area contributed by atoms with E-state index in [4.69, 9.17) is 23.2 Å². The van der Waals surface area contributed by atoms with Crippen LogP contribution < -0.4 is 5.32 Å². The second-order valence-corrected chi connectivity index (χ2v) is 5.14. The molecule has 0 bridgehead atoms. The highest BCUT2D eigenvalue weighted by Gasteiger charge is 2.12. The largest absolute Gasteiger partial charge is 0.387 e. The molecule has 1 heterocycles. The average molecular weight is 300 g/mol. The van der Waals surface area contributed by atoms with Crippen LogP contribution >= 0.6 is 23.2 Å². The van der Waals surface area contributed by atoms with Crippen molar-refractivity contribution < 1.29 is 5.11 Å². The van der Waals surface area contributed by atoms with E-state index >= 15 is 0 Å². The summed E-state index contributed by atoms with van der Waals surface area (Å²) in [4.78, 5) is 0. The summed E-state index contributed by atoms with van der Waals surface area (Å²) in [5, 5.41) is 18.5. The highest BCUT2D eigenvalue weighted by molar-refractivity contribution is 6.33. The molecule has 0 aliphatic heterocycles. The third-order valence-electron chi connectivity index (χ3n) is 2.73. The van der Waals surface area contributed by atoms with Crippen molar-refractivity contribution >= 4 is 23.2 Å². The molecule has 1 aromatic heterocycles. The Labute approximate surface area is 122 Å². The van der Waals surface area contributed by atoms with Gasteiger partial charge in [-0.1, -0.05) is 23.2 Å². The zero-order valence-electron chi connectivity index (χ0n) is 10.5. The van der Waals surface area contributed by atoms with Gasteiger partial charge in [0.25, 0.3) is 0 Å². The van der Waals surface area contributed by atoms with Crippen molar-refractivity contribution in [3.8, 4) is 0 Å². The highest BCUT2D eigenvalue weighted by atomic mass is 35.5. The SMILES string of the molecule is Cn1ccc(CNCC(O)c2cc(Cl)ccc2Cl)n1. The minimum atomic E-state index is -0.699. The molecule has 0 amide bonds. The molecule has 19 heavy (non-hydrogen) atoms. The molecule has 1 unspecified atom stereocenters. The van der Waals surface area contributed by atoms with Gasteiger partial charge in [0.2, 0.25) is 0 Å². The lowest BCUT2D eigenvalue weighted by Crippen LogP contribution is -2.21. The van der Waals surface area contributed by atoms with Gasteiger partial charge in [-0.3, -0.25) is 4.68 Å². The van der Waals surface area contributed by atoms with E-state index in [1.165, 1.54) is 0 Å². The van der Waals surface area contributed by atoms with Gasteiger partial charge in [0.05, 0.1) is 11.8 Å². The molecule has 2 aromatic rings. The number of hydrogen-bond acceptors (Lipinski definition) is 3. The number of nitrogens with zero attached hydrogens (tertiary/aromatic N) is 2. The minimum Gasteiger partial charge on any atom is -0.387 e. The number of halogens is 2. The quantitative estimate of drug-likeness (QED) is 0.892. The first-order chi connectivity index (χ1) is 9.06. The molecule has 0 saturated heterocycles. The molecular weight excluding hydrogens is 285 g/mol. The summed E-state index contributed by atoms with van der Waals surface area (Å²) in [6.07, 6.45) is 1.18. The molecule has 0 radical (unpaired) electrons. The lowest BCUT2D eigenvalue weighted by molar-refractivity contribution is 0.174. The second-order valence-electron chi connectivity index (χ2n) is 4.29. The molecular formula is C13H15Cl2N3O. The van der Waals surface area contributed by atoms with Crippen LogP contribution in [0.15, 0.2) is 30.5 Å². The predicted octanol–water partition coefficient (Wildman–Crippen LogP) is 2.55. The molecule has 0 spiro atoms. The van der Waals surface area contributed by atoms with Gasteiger partial charge < -0.3 is 10.4 Å². The van der Waals surface area contributed by atoms with E-state index in [1.807, 2.05) is 19.3 Å². The number of aliphatic hydroxyl groups excluding tert-OH is 1. The predicted molar refractivity (Wildman–Crippen MR) is 76.3 cm³/mol. The normalized spacial score (nSPS) is 12.6. The Morgan fingerprint density at radius 1 is 1.37 bits per heavy atom. The third-order valence-corrected chi connectivity index (χ3v) is 3.31. The van der Waals surface area contributed by atoms with Gasteiger partial charge in [0.1, 0.15) is 0 Å². The lowest BCUT2D eigenvalue weighted by atomic mass is 10.1. The number of aliphatic hydroxyl groups is 1. The van der Waals surface area contributed by atoms with E-state index in [9.17, 15) is 5.11 Å². The summed E-state index contributed by atoms with van der Waals surface area (Å²) in [5.74, 6) is 0. The topological polar surface area (TPSA) is 50.1 Å². The van der Waals surface area contributed by atoms with Gasteiger partial charge in [0.15, 0.2) is 0 Å². The summed E-state index contributed by atoms with van der Waals surface area (Å²) >= 11 is 11.9. The number of benzene rings is 1. The average Bonchev–Trinajstić information content (AvgIpc) is 2.78. The van der Waals surface area contributed by atoms with Crippen molar-refractivity contribution in [2.75, 3.05) is 6.54 Å². The third kappa shape index (κ3) is 3.94. The van der Waals surface area contributed by atoms with E-state index in [0.717, 1.165) is 5.69 Å². The van der Waals surface area contributed by atoms with E-state index < -0.39 is 6.10 Å². The number of aryl methyl sites for hydroxylation is 1. The van der Waals surface area contributed by atoms with Gasteiger partial charge in [-0.25, -0.2) is 0 Å². The van der Waals surface area contributed by atoms with Gasteiger partial charge in [-0.2, -0.15) is 5.10 Å². The maximum atomic E-state index is 10.1. The fraction of sp³-hybridized carbons (Fsp3) is 0.308. The summed E-state index contributed by atoms with van der Waals surface area (Å²) in [6, 6.07) is 6.98. The first-order valence-electron chi connectivity index (χ1n) is 5.88. The van der Waals surface area contributed by atoms with Crippen LogP contribution in [0.2, 0.25) is 10.0 Å². The van der Waals surface area contributed by atoms with Crippen LogP contribution in [0.3, 0.4) is 0 Å². The first kappa shape index (κ1) is 14.3. The molecule has 102 valence electrons. The summed E-state index contributed by atoms with van der Waals surface area (Å²) in [7, 11) is 1.87. The van der Waals surface area contributed by atoms with Crippen molar-refractivity contribution in [2.24, 2.45) is 7.05 Å². The van der Waals surface area contributed by atoms with E-state index in [-0.39, 0.29) is 0 Å². The summed E-state index contributed by atoms with van der Waals surface area (Å²) < 4.78 is 1.74. The Balaban J connectivity index is 1.90. The number of hydrogen-bond donors (Lipinski definition) is 2. The maximum Gasteiger partial charge on any atom is 0.0929 e. The van der Waals surface area contributed by atoms with Gasteiger partial charge >= 0.3 is 0 Å². The Morgan fingerprint density at radius 2 is 2.16 bits per heavy atom. The minimum absolute atomic E-state index is 0.386. The molecule has 0 saturated carbocycles. The fourth-order valence-electron chi connectivity index (χ4n) is 1.77. The van der Waals surface area contributed by atoms with Gasteiger partial charge in [-0.05, 0) is 24.3 Å². The van der Waals surface area contributed by atoms with E-state index in [1.54, 1.807) is 22.9 Å². The van der Waals surface area contributed by atoms with Crippen molar-refractivity contribution in [2.45, 2.75) is 12.6 Å². The Bertz CT molecular complexity index is 557. The molecule has 0 aliphatic carbocycles. The zero-order chi connectivity index (χ0) is 13.8. The Morgan fingerprint density at radius 3 is 2.84 bits per heavy atom. The smallest absolute Gasteiger partial charge is 0.0929 e. The molecule has 6 heteroatoms. The Kier molecular flexibility index (Phi) is 4.82. The van der Waals surface area contributed by atoms with Crippen LogP contribution in [0.4, 0.5) is 0 Å². The maximum absolute atomic E-state index is 10.1. The van der Waals surface area contributed by atoms with Crippen molar-refractivity contribution in [1.82, 2.24) is 15.1 Å². The van der Waals surface area contributed by atoms with Crippen LogP contribution in [-0.2, 0) is 13.6 Å². The fourth-order valence-corrected chi connectivity index (χ4v) is 2.20. The standard InChI is InChI=1S/C13H15Cl2N3O/c1-18-5-4-10(17-18)7-16-8-13(19)11-6-9(14)2-3-12(11)15/h2-6,13,16,19H,7-8H2,1H3. The van der Waals surface area contributed by atoms with Gasteiger partial charge in [-0.15, -0.1) is 0 Å². The van der Waals surface area contributed by atoms with Crippen molar-refractivity contribution in [3.05, 3.63) is 51.8 Å². The number of aromatic nitrogens is 2. The van der Waals surface area contributed by atoms with Crippen molar-refractivity contribution in [3.63, 3.8) is 0 Å². The van der Waals surface area contributed by atoms with Gasteiger partial charge in [0, 0.05) is 41.9 Å². The van der Waals surface area contributed by atoms with Crippen LogP contribution in [0.25, 0.3) is 0 Å². The molecule has 4 nitrogen and oxygen atoms in total. The zero-order valence-corrected chi connectivity index (χ0v) is 12.0. The number of nitrogens with one attached hydrogen (secondary N) is 1. The summed E-state index contributed by atoms with van der Waals surface area (Å²) in [5.41, 5.74) is 1.55. The molecule has 0 aliphatic rings. The summed E-state index contributed by atoms with van der Waals surface area (Å²) in [6.45, 7) is 0.979. The monoisotopic (exact) mass is 299 g/mol. The first-order valence-corrected chi connectivity index (χ1v) is 6.64. The lowest BCUT2D eigenvalue weighted by Gasteiger charge is -2.13. The molecule has 2 rings (SSSR count). The van der Waals surface area contributed by atoms with E-state index in [0.29, 0.717) is 28.7 Å². The Hall–Kier alpha value is -1.07. The molecule has 1 aromatic carbocycles. The molecule has 1 atom stereocenters. The molecule has 2 N–H and O–H groups in total. The van der Waals surface area contributed by atoms with Crippen LogP contribution in [0.1, 0.15) is 17.4 Å². The van der Waals surface area contributed by atoms with Crippen LogP contribution in [-0.4, -0.2) is 21.4 Å². The highest BCUT2D eigenvalue weighted by Crippen LogP contribution is 2.25. The van der Waals surface area contributed by atoms with Crippen molar-refractivity contribution in [1.29, 1.82) is 0 Å². The van der Waals surface area contributed by atoms with Crippen LogP contribution in [0.5, 0.6) is 0 Å². The molecule has 0 fully saturated rings. The van der Waals surface area contributed by atoms with Crippen LogP contribution in [0, 0.1) is 0 Å².